The van der Waals surface area contributed by atoms with Crippen molar-refractivity contribution in [2.45, 2.75) is 32.4 Å². The zero-order chi connectivity index (χ0) is 13.2. The molecular formula is C10H17N5O3. The van der Waals surface area contributed by atoms with Crippen molar-refractivity contribution in [3.05, 3.63) is 5.82 Å². The predicted octanol–water partition coefficient (Wildman–Crippen LogP) is 0.508. The Morgan fingerprint density at radius 2 is 2.33 bits per heavy atom. The van der Waals surface area contributed by atoms with E-state index >= 15 is 0 Å². The number of aromatic nitrogens is 4. The number of nitrogens with zero attached hydrogens (tertiary/aromatic N) is 4. The van der Waals surface area contributed by atoms with Gasteiger partial charge in [-0.15, -0.1) is 10.2 Å². The van der Waals surface area contributed by atoms with Gasteiger partial charge >= 0.3 is 6.09 Å². The Bertz CT molecular complexity index is 400. The van der Waals surface area contributed by atoms with Crippen LogP contribution in [0.25, 0.3) is 0 Å². The molecule has 1 aliphatic rings. The first-order chi connectivity index (χ1) is 8.47. The Labute approximate surface area is 105 Å². The summed E-state index contributed by atoms with van der Waals surface area (Å²) >= 11 is 0. The molecule has 1 atom stereocenters. The minimum Gasteiger partial charge on any atom is -0.444 e. The molecule has 1 saturated heterocycles. The fraction of sp³-hybridized carbons (Fsp3) is 0.800. The molecule has 18 heavy (non-hydrogen) atoms. The topological polar surface area (TPSA) is 93.2 Å². The summed E-state index contributed by atoms with van der Waals surface area (Å²) in [5.41, 5.74) is -0.531. The standard InChI is InChI=1S/C10H17N5O3/c1-10(2,3)18-9(16)15-4-5-17-6-7(15)8-11-13-14-12-8/h7H,4-6H2,1-3H3,(H,11,12,13,14)/t7-/m0/s1. The monoisotopic (exact) mass is 255 g/mol. The fourth-order valence-corrected chi connectivity index (χ4v) is 1.67. The Hall–Kier alpha value is -1.70. The number of H-pyrrole nitrogens is 1. The average molecular weight is 255 g/mol. The van der Waals surface area contributed by atoms with Crippen molar-refractivity contribution in [3.63, 3.8) is 0 Å². The van der Waals surface area contributed by atoms with Gasteiger partial charge in [0.1, 0.15) is 11.6 Å². The van der Waals surface area contributed by atoms with Crippen molar-refractivity contribution < 1.29 is 14.3 Å². The van der Waals surface area contributed by atoms with Crippen LogP contribution < -0.4 is 0 Å². The molecule has 100 valence electrons. The molecule has 1 aliphatic heterocycles. The molecule has 2 rings (SSSR count). The smallest absolute Gasteiger partial charge is 0.411 e. The van der Waals surface area contributed by atoms with Crippen molar-refractivity contribution in [2.75, 3.05) is 19.8 Å². The second-order valence-electron chi connectivity index (χ2n) is 5.03. The second-order valence-corrected chi connectivity index (χ2v) is 5.03. The van der Waals surface area contributed by atoms with Gasteiger partial charge in [-0.25, -0.2) is 4.79 Å². The van der Waals surface area contributed by atoms with Crippen LogP contribution in [0.4, 0.5) is 4.79 Å². The lowest BCUT2D eigenvalue weighted by molar-refractivity contribution is -0.0350. The van der Waals surface area contributed by atoms with E-state index in [1.807, 2.05) is 20.8 Å². The van der Waals surface area contributed by atoms with Gasteiger partial charge in [-0.2, -0.15) is 5.21 Å². The van der Waals surface area contributed by atoms with E-state index in [0.29, 0.717) is 25.6 Å². The molecule has 1 amide bonds. The number of carbonyl (C=O) groups is 1. The molecule has 0 aromatic carbocycles. The largest absolute Gasteiger partial charge is 0.444 e. The zero-order valence-corrected chi connectivity index (χ0v) is 10.7. The minimum absolute atomic E-state index is 0.346. The lowest BCUT2D eigenvalue weighted by Gasteiger charge is -2.34. The number of nitrogens with one attached hydrogen (secondary N) is 1. The average Bonchev–Trinajstić information content (AvgIpc) is 2.80. The minimum atomic E-state index is -0.531. The number of ether oxygens (including phenoxy) is 2. The molecule has 1 fully saturated rings. The first-order valence-corrected chi connectivity index (χ1v) is 5.78. The molecular weight excluding hydrogens is 238 g/mol. The molecule has 0 radical (unpaired) electrons. The molecule has 0 unspecified atom stereocenters. The van der Waals surface area contributed by atoms with Crippen LogP contribution in [0.1, 0.15) is 32.6 Å². The van der Waals surface area contributed by atoms with E-state index in [1.165, 1.54) is 0 Å². The molecule has 1 N–H and O–H groups in total. The Morgan fingerprint density at radius 3 is 2.94 bits per heavy atom. The van der Waals surface area contributed by atoms with Gasteiger partial charge in [0, 0.05) is 6.54 Å². The number of morpholine rings is 1. The van der Waals surface area contributed by atoms with E-state index < -0.39 is 5.60 Å². The van der Waals surface area contributed by atoms with Gasteiger partial charge in [-0.05, 0) is 20.8 Å². The summed E-state index contributed by atoms with van der Waals surface area (Å²) < 4.78 is 10.7. The number of aromatic amines is 1. The maximum atomic E-state index is 12.1. The Balaban J connectivity index is 2.11. The Morgan fingerprint density at radius 1 is 1.56 bits per heavy atom. The molecule has 8 nitrogen and oxygen atoms in total. The molecule has 8 heteroatoms. The van der Waals surface area contributed by atoms with E-state index in [1.54, 1.807) is 4.90 Å². The van der Waals surface area contributed by atoms with Gasteiger partial charge in [-0.3, -0.25) is 4.90 Å². The summed E-state index contributed by atoms with van der Waals surface area (Å²) in [6.07, 6.45) is -0.388. The van der Waals surface area contributed by atoms with Crippen LogP contribution in [-0.2, 0) is 9.47 Å². The maximum Gasteiger partial charge on any atom is 0.411 e. The zero-order valence-electron chi connectivity index (χ0n) is 10.7. The van der Waals surface area contributed by atoms with Gasteiger partial charge in [0.05, 0.1) is 13.2 Å². The number of carbonyl (C=O) groups excluding carboxylic acids is 1. The normalized spacial score (nSPS) is 20.8. The van der Waals surface area contributed by atoms with Gasteiger partial charge in [-0.1, -0.05) is 5.21 Å². The molecule has 0 aliphatic carbocycles. The quantitative estimate of drug-likeness (QED) is 0.785. The van der Waals surface area contributed by atoms with E-state index in [2.05, 4.69) is 20.6 Å². The van der Waals surface area contributed by atoms with Gasteiger partial charge in [0.2, 0.25) is 0 Å². The predicted molar refractivity (Wildman–Crippen MR) is 60.7 cm³/mol. The summed E-state index contributed by atoms with van der Waals surface area (Å²) in [6, 6.07) is -0.354. The highest BCUT2D eigenvalue weighted by Crippen LogP contribution is 2.23. The van der Waals surface area contributed by atoms with Gasteiger partial charge < -0.3 is 9.47 Å². The van der Waals surface area contributed by atoms with Crippen LogP contribution >= 0.6 is 0 Å². The van der Waals surface area contributed by atoms with Crippen molar-refractivity contribution in [1.29, 1.82) is 0 Å². The van der Waals surface area contributed by atoms with Crippen molar-refractivity contribution in [3.8, 4) is 0 Å². The highest BCUT2D eigenvalue weighted by atomic mass is 16.6. The van der Waals surface area contributed by atoms with Crippen molar-refractivity contribution in [2.24, 2.45) is 0 Å². The van der Waals surface area contributed by atoms with Crippen LogP contribution in [0.3, 0.4) is 0 Å². The molecule has 1 aromatic heterocycles. The third-order valence-corrected chi connectivity index (χ3v) is 2.42. The van der Waals surface area contributed by atoms with Crippen molar-refractivity contribution in [1.82, 2.24) is 25.5 Å². The van der Waals surface area contributed by atoms with E-state index in [4.69, 9.17) is 9.47 Å². The number of hydrogen-bond donors (Lipinski definition) is 1. The van der Waals surface area contributed by atoms with Crippen LogP contribution in [0.5, 0.6) is 0 Å². The third kappa shape index (κ3) is 2.95. The van der Waals surface area contributed by atoms with E-state index in [0.717, 1.165) is 0 Å². The molecule has 2 heterocycles. The fourth-order valence-electron chi connectivity index (χ4n) is 1.67. The van der Waals surface area contributed by atoms with E-state index in [9.17, 15) is 4.79 Å². The summed E-state index contributed by atoms with van der Waals surface area (Å²) in [5.74, 6) is 0.431. The van der Waals surface area contributed by atoms with E-state index in [-0.39, 0.29) is 12.1 Å². The highest BCUT2D eigenvalue weighted by molar-refractivity contribution is 5.68. The van der Waals surface area contributed by atoms with Crippen LogP contribution in [0.15, 0.2) is 0 Å². The first-order valence-electron chi connectivity index (χ1n) is 5.78. The number of rotatable bonds is 1. The molecule has 0 bridgehead atoms. The highest BCUT2D eigenvalue weighted by Gasteiger charge is 2.34. The van der Waals surface area contributed by atoms with Gasteiger partial charge in [0.25, 0.3) is 0 Å². The third-order valence-electron chi connectivity index (χ3n) is 2.42. The first kappa shape index (κ1) is 12.7. The Kier molecular flexibility index (Phi) is 3.46. The van der Waals surface area contributed by atoms with Crippen LogP contribution in [0.2, 0.25) is 0 Å². The summed E-state index contributed by atoms with van der Waals surface area (Å²) in [7, 11) is 0. The summed E-state index contributed by atoms with van der Waals surface area (Å²) in [4.78, 5) is 13.7. The SMILES string of the molecule is CC(C)(C)OC(=O)N1CCOC[C@H]1c1nn[nH]n1. The lowest BCUT2D eigenvalue weighted by Crippen LogP contribution is -2.46. The van der Waals surface area contributed by atoms with Gasteiger partial charge in [0.15, 0.2) is 5.82 Å². The maximum absolute atomic E-state index is 12.1. The summed E-state index contributed by atoms with van der Waals surface area (Å²) in [5, 5.41) is 13.6. The number of hydrogen-bond acceptors (Lipinski definition) is 6. The summed E-state index contributed by atoms with van der Waals surface area (Å²) in [6.45, 7) is 6.76. The number of amides is 1. The second kappa shape index (κ2) is 4.89. The van der Waals surface area contributed by atoms with Crippen molar-refractivity contribution >= 4 is 6.09 Å². The molecule has 0 spiro atoms. The lowest BCUT2D eigenvalue weighted by atomic mass is 10.2. The van der Waals surface area contributed by atoms with Crippen LogP contribution in [-0.4, -0.2) is 57.0 Å². The van der Waals surface area contributed by atoms with Crippen LogP contribution in [0, 0.1) is 0 Å². The molecule has 1 aromatic rings. The molecule has 0 saturated carbocycles. The number of tetrazole rings is 1.